The molecule has 142 valence electrons. The molecule has 0 aliphatic heterocycles. The number of carboxylic acid groups (broad SMARTS) is 1. The first-order valence-electron chi connectivity index (χ1n) is 7.91. The number of carbonyl (C=O) groups is 2. The minimum Gasteiger partial charge on any atom is -0.480 e. The largest absolute Gasteiger partial charge is 0.480 e. The van der Waals surface area contributed by atoms with Gasteiger partial charge < -0.3 is 10.4 Å². The number of aromatic nitrogens is 2. The van der Waals surface area contributed by atoms with E-state index in [4.69, 9.17) is 5.11 Å². The second-order valence-electron chi connectivity index (χ2n) is 5.80. The number of H-pyrrole nitrogens is 1. The quantitative estimate of drug-likeness (QED) is 0.611. The van der Waals surface area contributed by atoms with Gasteiger partial charge in [0.25, 0.3) is 0 Å². The lowest BCUT2D eigenvalue weighted by atomic mass is 10.1. The Labute approximate surface area is 157 Å². The van der Waals surface area contributed by atoms with Gasteiger partial charge in [-0.15, -0.1) is 12.4 Å². The van der Waals surface area contributed by atoms with E-state index in [1.807, 2.05) is 11.0 Å². The number of rotatable bonds is 9. The van der Waals surface area contributed by atoms with Crippen molar-refractivity contribution >= 4 is 24.3 Å². The average Bonchev–Trinajstić information content (AvgIpc) is 3.02. The first-order valence-corrected chi connectivity index (χ1v) is 7.91. The van der Waals surface area contributed by atoms with Gasteiger partial charge in [-0.1, -0.05) is 12.1 Å². The molecular formula is C17H22ClFN4O3. The second kappa shape index (κ2) is 10.5. The lowest BCUT2D eigenvalue weighted by Crippen LogP contribution is -2.38. The van der Waals surface area contributed by atoms with Crippen molar-refractivity contribution in [3.05, 3.63) is 41.8 Å². The minimum absolute atomic E-state index is 0. The maximum atomic E-state index is 13.2. The summed E-state index contributed by atoms with van der Waals surface area (Å²) in [5.74, 6) is -1.69. The molecule has 7 nitrogen and oxygen atoms in total. The van der Waals surface area contributed by atoms with Gasteiger partial charge in [-0.2, -0.15) is 5.10 Å². The highest BCUT2D eigenvalue weighted by Gasteiger charge is 2.09. The molecule has 0 aliphatic rings. The Hall–Kier alpha value is -2.45. The zero-order valence-electron chi connectivity index (χ0n) is 14.4. The van der Waals surface area contributed by atoms with Gasteiger partial charge in [-0.05, 0) is 44.6 Å². The maximum absolute atomic E-state index is 13.2. The first-order chi connectivity index (χ1) is 11.9. The van der Waals surface area contributed by atoms with Crippen molar-refractivity contribution in [1.82, 2.24) is 20.4 Å². The fraction of sp³-hybridized carbons (Fsp3) is 0.353. The van der Waals surface area contributed by atoms with E-state index in [1.165, 1.54) is 12.1 Å². The van der Waals surface area contributed by atoms with Crippen molar-refractivity contribution in [3.8, 4) is 11.3 Å². The maximum Gasteiger partial charge on any atom is 0.322 e. The van der Waals surface area contributed by atoms with Crippen LogP contribution in [-0.4, -0.2) is 58.8 Å². The highest BCUT2D eigenvalue weighted by Crippen LogP contribution is 2.19. The number of carbonyl (C=O) groups excluding carboxylic acids is 1. The third kappa shape index (κ3) is 7.20. The number of aliphatic carboxylic acids is 1. The van der Waals surface area contributed by atoms with Gasteiger partial charge in [0, 0.05) is 11.3 Å². The van der Waals surface area contributed by atoms with Crippen LogP contribution in [0.2, 0.25) is 0 Å². The Kier molecular flexibility index (Phi) is 8.74. The number of amides is 1. The number of hydrogen-bond acceptors (Lipinski definition) is 4. The van der Waals surface area contributed by atoms with Gasteiger partial charge in [-0.3, -0.25) is 19.6 Å². The van der Waals surface area contributed by atoms with Crippen molar-refractivity contribution in [2.45, 2.75) is 12.8 Å². The van der Waals surface area contributed by atoms with Gasteiger partial charge >= 0.3 is 5.97 Å². The first kappa shape index (κ1) is 21.6. The fourth-order valence-corrected chi connectivity index (χ4v) is 2.38. The molecule has 1 amide bonds. The Morgan fingerprint density at radius 2 is 2.12 bits per heavy atom. The summed E-state index contributed by atoms with van der Waals surface area (Å²) in [7, 11) is 1.80. The molecule has 0 radical (unpaired) electrons. The number of likely N-dealkylation sites (N-methyl/N-ethyl adjacent to an activating group) is 1. The van der Waals surface area contributed by atoms with E-state index in [-0.39, 0.29) is 37.2 Å². The lowest BCUT2D eigenvalue weighted by Gasteiger charge is -2.15. The number of halogens is 2. The SMILES string of the molecule is CN(CCCc1cc(-c2cccc(F)c2)n[nH]1)CC(=O)NCC(=O)O.Cl. The molecule has 26 heavy (non-hydrogen) atoms. The molecule has 1 aromatic heterocycles. The minimum atomic E-state index is -1.07. The van der Waals surface area contributed by atoms with Crippen LogP contribution < -0.4 is 5.32 Å². The zero-order chi connectivity index (χ0) is 18.2. The Morgan fingerprint density at radius 3 is 2.81 bits per heavy atom. The van der Waals surface area contributed by atoms with Gasteiger partial charge in [0.05, 0.1) is 12.2 Å². The summed E-state index contributed by atoms with van der Waals surface area (Å²) >= 11 is 0. The molecule has 2 aromatic rings. The molecule has 0 saturated heterocycles. The second-order valence-corrected chi connectivity index (χ2v) is 5.80. The summed E-state index contributed by atoms with van der Waals surface area (Å²) in [5.41, 5.74) is 2.34. The van der Waals surface area contributed by atoms with Crippen molar-refractivity contribution in [2.24, 2.45) is 0 Å². The number of hydrogen-bond donors (Lipinski definition) is 3. The van der Waals surface area contributed by atoms with Crippen LogP contribution in [0, 0.1) is 5.82 Å². The topological polar surface area (TPSA) is 98.3 Å². The highest BCUT2D eigenvalue weighted by atomic mass is 35.5. The summed E-state index contributed by atoms with van der Waals surface area (Å²) in [4.78, 5) is 23.7. The van der Waals surface area contributed by atoms with Crippen LogP contribution in [0.5, 0.6) is 0 Å². The molecule has 0 atom stereocenters. The van der Waals surface area contributed by atoms with Crippen LogP contribution in [0.1, 0.15) is 12.1 Å². The van der Waals surface area contributed by atoms with Crippen LogP contribution in [-0.2, 0) is 16.0 Å². The summed E-state index contributed by atoms with van der Waals surface area (Å²) in [6.45, 7) is 0.448. The number of benzene rings is 1. The summed E-state index contributed by atoms with van der Waals surface area (Å²) in [6.07, 6.45) is 1.54. The smallest absolute Gasteiger partial charge is 0.322 e. The number of carboxylic acids is 1. The molecule has 1 aromatic carbocycles. The van der Waals surface area contributed by atoms with Crippen LogP contribution in [0.15, 0.2) is 30.3 Å². The number of nitrogens with zero attached hydrogens (tertiary/aromatic N) is 2. The van der Waals surface area contributed by atoms with E-state index < -0.39 is 5.97 Å². The van der Waals surface area contributed by atoms with E-state index >= 15 is 0 Å². The van der Waals surface area contributed by atoms with Crippen molar-refractivity contribution in [3.63, 3.8) is 0 Å². The molecular weight excluding hydrogens is 363 g/mol. The molecule has 0 aliphatic carbocycles. The van der Waals surface area contributed by atoms with E-state index in [0.29, 0.717) is 12.2 Å². The number of aryl methyl sites for hydroxylation is 1. The average molecular weight is 385 g/mol. The van der Waals surface area contributed by atoms with Crippen LogP contribution in [0.3, 0.4) is 0 Å². The Bertz CT molecular complexity index is 738. The molecule has 0 saturated carbocycles. The molecule has 9 heteroatoms. The van der Waals surface area contributed by atoms with Crippen LogP contribution in [0.4, 0.5) is 4.39 Å². The molecule has 2 rings (SSSR count). The lowest BCUT2D eigenvalue weighted by molar-refractivity contribution is -0.138. The van der Waals surface area contributed by atoms with Gasteiger partial charge in [0.1, 0.15) is 12.4 Å². The molecule has 1 heterocycles. The fourth-order valence-electron chi connectivity index (χ4n) is 2.38. The number of nitrogens with one attached hydrogen (secondary N) is 2. The van der Waals surface area contributed by atoms with Crippen molar-refractivity contribution in [1.29, 1.82) is 0 Å². The van der Waals surface area contributed by atoms with Gasteiger partial charge in [0.15, 0.2) is 0 Å². The van der Waals surface area contributed by atoms with E-state index in [2.05, 4.69) is 15.5 Å². The van der Waals surface area contributed by atoms with Gasteiger partial charge in [0.2, 0.25) is 5.91 Å². The molecule has 0 spiro atoms. The van der Waals surface area contributed by atoms with Crippen LogP contribution >= 0.6 is 12.4 Å². The zero-order valence-corrected chi connectivity index (χ0v) is 15.2. The summed E-state index contributed by atoms with van der Waals surface area (Å²) in [6, 6.07) is 8.15. The predicted molar refractivity (Wildman–Crippen MR) is 97.7 cm³/mol. The van der Waals surface area contributed by atoms with Crippen LogP contribution in [0.25, 0.3) is 11.3 Å². The standard InChI is InChI=1S/C17H21FN4O3.ClH/c1-22(11-16(23)19-10-17(24)25)7-3-6-14-9-15(21-20-14)12-4-2-5-13(18)8-12;/h2,4-5,8-9H,3,6-7,10-11H2,1H3,(H,19,23)(H,20,21)(H,24,25);1H. The Morgan fingerprint density at radius 1 is 1.35 bits per heavy atom. The molecule has 3 N–H and O–H groups in total. The summed E-state index contributed by atoms with van der Waals surface area (Å²) < 4.78 is 13.2. The normalized spacial score (nSPS) is 10.4. The third-order valence-corrected chi connectivity index (χ3v) is 3.59. The summed E-state index contributed by atoms with van der Waals surface area (Å²) in [5, 5.41) is 18.0. The number of aromatic amines is 1. The third-order valence-electron chi connectivity index (χ3n) is 3.59. The van der Waals surface area contributed by atoms with E-state index in [1.54, 1.807) is 19.2 Å². The molecule has 0 unspecified atom stereocenters. The van der Waals surface area contributed by atoms with E-state index in [0.717, 1.165) is 24.1 Å². The van der Waals surface area contributed by atoms with Crippen molar-refractivity contribution in [2.75, 3.05) is 26.7 Å². The monoisotopic (exact) mass is 384 g/mol. The highest BCUT2D eigenvalue weighted by molar-refractivity contribution is 5.85. The van der Waals surface area contributed by atoms with Crippen molar-refractivity contribution < 1.29 is 19.1 Å². The predicted octanol–water partition coefficient (Wildman–Crippen LogP) is 1.70. The molecule has 0 bridgehead atoms. The van der Waals surface area contributed by atoms with Gasteiger partial charge in [-0.25, -0.2) is 4.39 Å². The van der Waals surface area contributed by atoms with E-state index in [9.17, 15) is 14.0 Å². The molecule has 0 fully saturated rings. The Balaban J connectivity index is 0.00000338.